The van der Waals surface area contributed by atoms with E-state index < -0.39 is 0 Å². The molecule has 0 aromatic carbocycles. The Morgan fingerprint density at radius 3 is 2.96 bits per heavy atom. The predicted octanol–water partition coefficient (Wildman–Crippen LogP) is 2.54. The SMILES string of the molecule is Cc1cncc(C(=O)N2CC3(C2)OCCC3COCc2cccc(C)n2)c1. The number of amides is 1. The van der Waals surface area contributed by atoms with E-state index in [4.69, 9.17) is 9.47 Å². The highest BCUT2D eigenvalue weighted by Gasteiger charge is 2.54. The number of aryl methyl sites for hydroxylation is 2. The van der Waals surface area contributed by atoms with Crippen LogP contribution in [-0.2, 0) is 16.1 Å². The molecule has 4 heterocycles. The topological polar surface area (TPSA) is 64.6 Å². The molecule has 2 saturated heterocycles. The summed E-state index contributed by atoms with van der Waals surface area (Å²) >= 11 is 0. The summed E-state index contributed by atoms with van der Waals surface area (Å²) in [7, 11) is 0. The van der Waals surface area contributed by atoms with Crippen molar-refractivity contribution in [3.8, 4) is 0 Å². The molecule has 142 valence electrons. The normalized spacial score (nSPS) is 20.7. The van der Waals surface area contributed by atoms with Crippen LogP contribution in [-0.4, -0.2) is 52.7 Å². The van der Waals surface area contributed by atoms with Crippen LogP contribution in [0.5, 0.6) is 0 Å². The fourth-order valence-corrected chi connectivity index (χ4v) is 3.95. The maximum atomic E-state index is 12.6. The van der Waals surface area contributed by atoms with Gasteiger partial charge in [-0.05, 0) is 44.0 Å². The van der Waals surface area contributed by atoms with Gasteiger partial charge < -0.3 is 14.4 Å². The quantitative estimate of drug-likeness (QED) is 0.813. The first-order valence-electron chi connectivity index (χ1n) is 9.41. The summed E-state index contributed by atoms with van der Waals surface area (Å²) in [5.41, 5.74) is 3.31. The molecule has 1 amide bonds. The highest BCUT2D eigenvalue weighted by atomic mass is 16.5. The summed E-state index contributed by atoms with van der Waals surface area (Å²) in [5, 5.41) is 0. The van der Waals surface area contributed by atoms with Gasteiger partial charge in [-0.1, -0.05) is 6.07 Å². The lowest BCUT2D eigenvalue weighted by Crippen LogP contribution is -2.66. The van der Waals surface area contributed by atoms with E-state index in [9.17, 15) is 4.79 Å². The van der Waals surface area contributed by atoms with Crippen LogP contribution in [0.15, 0.2) is 36.7 Å². The van der Waals surface area contributed by atoms with Gasteiger partial charge in [0, 0.05) is 30.6 Å². The molecule has 2 aliphatic heterocycles. The molecule has 0 aliphatic carbocycles. The number of nitrogens with zero attached hydrogens (tertiary/aromatic N) is 3. The van der Waals surface area contributed by atoms with Crippen LogP contribution < -0.4 is 0 Å². The van der Waals surface area contributed by atoms with E-state index in [1.807, 2.05) is 43.0 Å². The molecule has 2 aromatic rings. The molecule has 0 bridgehead atoms. The zero-order valence-corrected chi connectivity index (χ0v) is 15.9. The summed E-state index contributed by atoms with van der Waals surface area (Å²) in [6, 6.07) is 7.84. The van der Waals surface area contributed by atoms with Crippen molar-refractivity contribution >= 4 is 5.91 Å². The summed E-state index contributed by atoms with van der Waals surface area (Å²) in [6.45, 7) is 7.03. The minimum atomic E-state index is -0.257. The van der Waals surface area contributed by atoms with Gasteiger partial charge in [0.05, 0.1) is 37.6 Å². The van der Waals surface area contributed by atoms with Gasteiger partial charge in [0.25, 0.3) is 5.91 Å². The van der Waals surface area contributed by atoms with Crippen molar-refractivity contribution in [2.75, 3.05) is 26.3 Å². The summed E-state index contributed by atoms with van der Waals surface area (Å²) in [5.74, 6) is 0.331. The second-order valence-corrected chi connectivity index (χ2v) is 7.60. The average Bonchev–Trinajstić information content (AvgIpc) is 3.04. The van der Waals surface area contributed by atoms with Crippen LogP contribution in [0.2, 0.25) is 0 Å². The average molecular weight is 367 g/mol. The highest BCUT2D eigenvalue weighted by Crippen LogP contribution is 2.40. The Bertz CT molecular complexity index is 833. The molecular formula is C21H25N3O3. The van der Waals surface area contributed by atoms with Gasteiger partial charge in [0.1, 0.15) is 5.60 Å². The standard InChI is InChI=1S/C21H25N3O3/c1-15-8-17(10-22-9-15)20(25)24-13-21(14-24)18(6-7-27-21)11-26-12-19-5-3-4-16(2)23-19/h3-5,8-10,18H,6-7,11-14H2,1-2H3. The van der Waals surface area contributed by atoms with Crippen LogP contribution in [0.25, 0.3) is 0 Å². The largest absolute Gasteiger partial charge is 0.375 e. The van der Waals surface area contributed by atoms with Gasteiger partial charge in [-0.25, -0.2) is 0 Å². The van der Waals surface area contributed by atoms with Crippen molar-refractivity contribution in [2.24, 2.45) is 5.92 Å². The molecule has 27 heavy (non-hydrogen) atoms. The Balaban J connectivity index is 1.32. The molecule has 1 atom stereocenters. The number of likely N-dealkylation sites (tertiary alicyclic amines) is 1. The maximum Gasteiger partial charge on any atom is 0.255 e. The zero-order chi connectivity index (χ0) is 18.9. The van der Waals surface area contributed by atoms with Gasteiger partial charge in [-0.3, -0.25) is 14.8 Å². The second-order valence-electron chi connectivity index (χ2n) is 7.60. The van der Waals surface area contributed by atoms with Gasteiger partial charge >= 0.3 is 0 Å². The van der Waals surface area contributed by atoms with Crippen LogP contribution >= 0.6 is 0 Å². The zero-order valence-electron chi connectivity index (χ0n) is 15.9. The van der Waals surface area contributed by atoms with E-state index >= 15 is 0 Å². The summed E-state index contributed by atoms with van der Waals surface area (Å²) in [4.78, 5) is 23.1. The Morgan fingerprint density at radius 1 is 1.33 bits per heavy atom. The van der Waals surface area contributed by atoms with Gasteiger partial charge in [-0.15, -0.1) is 0 Å². The van der Waals surface area contributed by atoms with Crippen LogP contribution in [0.1, 0.15) is 33.7 Å². The van der Waals surface area contributed by atoms with Crippen LogP contribution in [0.4, 0.5) is 0 Å². The van der Waals surface area contributed by atoms with E-state index in [1.165, 1.54) is 0 Å². The monoisotopic (exact) mass is 367 g/mol. The molecule has 2 aliphatic rings. The number of pyridine rings is 2. The lowest BCUT2D eigenvalue weighted by Gasteiger charge is -2.50. The molecule has 0 radical (unpaired) electrons. The van der Waals surface area contributed by atoms with E-state index in [1.54, 1.807) is 12.4 Å². The Kier molecular flexibility index (Phi) is 4.93. The fourth-order valence-electron chi connectivity index (χ4n) is 3.95. The number of aromatic nitrogens is 2. The molecule has 4 rings (SSSR count). The van der Waals surface area contributed by atoms with E-state index in [0.29, 0.717) is 37.8 Å². The van der Waals surface area contributed by atoms with Crippen LogP contribution in [0, 0.1) is 19.8 Å². The number of hydrogen-bond acceptors (Lipinski definition) is 5. The number of carbonyl (C=O) groups excluding carboxylic acids is 1. The molecule has 2 aromatic heterocycles. The van der Waals surface area contributed by atoms with Crippen molar-refractivity contribution in [1.29, 1.82) is 0 Å². The molecule has 2 fully saturated rings. The molecule has 6 heteroatoms. The summed E-state index contributed by atoms with van der Waals surface area (Å²) < 4.78 is 12.0. The van der Waals surface area contributed by atoms with Gasteiger partial charge in [0.15, 0.2) is 0 Å². The number of ether oxygens (including phenoxy) is 2. The highest BCUT2D eigenvalue weighted by molar-refractivity contribution is 5.94. The van der Waals surface area contributed by atoms with Gasteiger partial charge in [0.2, 0.25) is 0 Å². The first-order chi connectivity index (χ1) is 13.1. The van der Waals surface area contributed by atoms with Crippen molar-refractivity contribution < 1.29 is 14.3 Å². The van der Waals surface area contributed by atoms with Gasteiger partial charge in [-0.2, -0.15) is 0 Å². The molecule has 1 spiro atoms. The predicted molar refractivity (Wildman–Crippen MR) is 100 cm³/mol. The van der Waals surface area contributed by atoms with E-state index in [-0.39, 0.29) is 11.5 Å². The van der Waals surface area contributed by atoms with Crippen molar-refractivity contribution in [2.45, 2.75) is 32.5 Å². The smallest absolute Gasteiger partial charge is 0.255 e. The molecule has 1 unspecified atom stereocenters. The Hall–Kier alpha value is -2.31. The number of carbonyl (C=O) groups is 1. The Labute approximate surface area is 159 Å². The maximum absolute atomic E-state index is 12.6. The molecule has 0 saturated carbocycles. The number of rotatable bonds is 5. The third-order valence-corrected chi connectivity index (χ3v) is 5.44. The summed E-state index contributed by atoms with van der Waals surface area (Å²) in [6.07, 6.45) is 4.35. The minimum Gasteiger partial charge on any atom is -0.375 e. The van der Waals surface area contributed by atoms with Crippen molar-refractivity contribution in [3.63, 3.8) is 0 Å². The lowest BCUT2D eigenvalue weighted by molar-refractivity contribution is -0.129. The Morgan fingerprint density at radius 2 is 2.19 bits per heavy atom. The third-order valence-electron chi connectivity index (χ3n) is 5.44. The van der Waals surface area contributed by atoms with Crippen LogP contribution in [0.3, 0.4) is 0 Å². The molecule has 0 N–H and O–H groups in total. The molecule has 6 nitrogen and oxygen atoms in total. The minimum absolute atomic E-state index is 0.0240. The van der Waals surface area contributed by atoms with E-state index in [2.05, 4.69) is 9.97 Å². The number of hydrogen-bond donors (Lipinski definition) is 0. The second kappa shape index (κ2) is 7.37. The van der Waals surface area contributed by atoms with E-state index in [0.717, 1.165) is 30.0 Å². The van der Waals surface area contributed by atoms with Crippen molar-refractivity contribution in [1.82, 2.24) is 14.9 Å². The van der Waals surface area contributed by atoms with Crippen molar-refractivity contribution in [3.05, 3.63) is 59.2 Å². The first kappa shape index (κ1) is 18.1. The lowest BCUT2D eigenvalue weighted by atomic mass is 9.81. The molecular weight excluding hydrogens is 342 g/mol. The fraction of sp³-hybridized carbons (Fsp3) is 0.476. The third kappa shape index (κ3) is 3.73. The first-order valence-corrected chi connectivity index (χ1v) is 9.41.